The molecule has 1 aliphatic carbocycles. The first-order valence-electron chi connectivity index (χ1n) is 5.78. The first-order valence-corrected chi connectivity index (χ1v) is 6.19. The summed E-state index contributed by atoms with van der Waals surface area (Å²) in [6, 6.07) is 0. The Kier molecular flexibility index (Phi) is 3.13. The molecule has 1 atom stereocenters. The van der Waals surface area contributed by atoms with Crippen molar-refractivity contribution in [2.24, 2.45) is 0 Å². The molecule has 1 N–H and O–H groups in total. The van der Waals surface area contributed by atoms with Crippen LogP contribution in [-0.4, -0.2) is 17.1 Å². The predicted molar refractivity (Wildman–Crippen MR) is 66.1 cm³/mol. The van der Waals surface area contributed by atoms with Crippen molar-refractivity contribution in [2.75, 3.05) is 7.11 Å². The summed E-state index contributed by atoms with van der Waals surface area (Å²) in [4.78, 5) is 7.90. The zero-order valence-electron chi connectivity index (χ0n) is 10.1. The monoisotopic (exact) mass is 238 g/mol. The molecule has 0 spiro atoms. The fraction of sp³-hybridized carbons (Fsp3) is 0.667. The van der Waals surface area contributed by atoms with Crippen molar-refractivity contribution in [3.8, 4) is 0 Å². The van der Waals surface area contributed by atoms with Crippen LogP contribution >= 0.6 is 12.2 Å². The van der Waals surface area contributed by atoms with E-state index >= 15 is 0 Å². The maximum absolute atomic E-state index is 5.55. The number of aromatic amines is 1. The molecule has 16 heavy (non-hydrogen) atoms. The lowest BCUT2D eigenvalue weighted by Gasteiger charge is -2.26. The molecular formula is C12H18N2OS. The average Bonchev–Trinajstić information content (AvgIpc) is 2.76. The third-order valence-corrected chi connectivity index (χ3v) is 3.92. The third kappa shape index (κ3) is 1.80. The van der Waals surface area contributed by atoms with E-state index in [1.54, 1.807) is 7.11 Å². The topological polar surface area (TPSA) is 37.9 Å². The Morgan fingerprint density at radius 3 is 2.88 bits per heavy atom. The van der Waals surface area contributed by atoms with Crippen LogP contribution in [0.2, 0.25) is 0 Å². The van der Waals surface area contributed by atoms with Crippen molar-refractivity contribution in [2.45, 2.75) is 45.1 Å². The summed E-state index contributed by atoms with van der Waals surface area (Å²) in [7, 11) is 1.72. The van der Waals surface area contributed by atoms with Gasteiger partial charge in [-0.2, -0.15) is 0 Å². The molecule has 0 bridgehead atoms. The van der Waals surface area contributed by atoms with E-state index in [0.717, 1.165) is 29.7 Å². The average molecular weight is 238 g/mol. The van der Waals surface area contributed by atoms with Crippen molar-refractivity contribution in [1.29, 1.82) is 0 Å². The summed E-state index contributed by atoms with van der Waals surface area (Å²) in [6.07, 6.45) is 4.20. The molecule has 1 heterocycles. The fourth-order valence-electron chi connectivity index (χ4n) is 2.12. The van der Waals surface area contributed by atoms with Crippen molar-refractivity contribution in [3.63, 3.8) is 0 Å². The highest BCUT2D eigenvalue weighted by atomic mass is 32.1. The molecular weight excluding hydrogens is 220 g/mol. The van der Waals surface area contributed by atoms with Gasteiger partial charge in [0.15, 0.2) is 0 Å². The first-order chi connectivity index (χ1) is 7.60. The second-order valence-electron chi connectivity index (χ2n) is 4.49. The Labute approximate surface area is 101 Å². The minimum absolute atomic E-state index is 0.356. The van der Waals surface area contributed by atoms with Crippen molar-refractivity contribution >= 4 is 12.2 Å². The van der Waals surface area contributed by atoms with Gasteiger partial charge < -0.3 is 9.72 Å². The number of aryl methyl sites for hydroxylation is 1. The predicted octanol–water partition coefficient (Wildman–Crippen LogP) is 2.90. The Balaban J connectivity index is 2.52. The number of ether oxygens (including phenoxy) is 1. The molecule has 0 saturated heterocycles. The molecule has 4 heteroatoms. The molecule has 0 amide bonds. The smallest absolute Gasteiger partial charge is 0.140 e. The number of fused-ring (bicyclic) bond motifs is 1. The van der Waals surface area contributed by atoms with E-state index in [2.05, 4.69) is 16.9 Å². The van der Waals surface area contributed by atoms with Crippen LogP contribution in [-0.2, 0) is 23.2 Å². The van der Waals surface area contributed by atoms with Crippen LogP contribution in [0.3, 0.4) is 0 Å². The van der Waals surface area contributed by atoms with Crippen molar-refractivity contribution < 1.29 is 4.74 Å². The van der Waals surface area contributed by atoms with Crippen LogP contribution in [0.15, 0.2) is 0 Å². The quantitative estimate of drug-likeness (QED) is 0.823. The van der Waals surface area contributed by atoms with Crippen LogP contribution in [0.4, 0.5) is 0 Å². The van der Waals surface area contributed by atoms with Crippen LogP contribution in [0.5, 0.6) is 0 Å². The maximum atomic E-state index is 5.55. The molecule has 0 saturated carbocycles. The second kappa shape index (κ2) is 4.26. The zero-order valence-corrected chi connectivity index (χ0v) is 10.9. The van der Waals surface area contributed by atoms with E-state index in [1.807, 2.05) is 6.92 Å². The molecule has 1 aromatic heterocycles. The molecule has 0 aliphatic heterocycles. The summed E-state index contributed by atoms with van der Waals surface area (Å²) >= 11 is 5.34. The van der Waals surface area contributed by atoms with Gasteiger partial charge in [0.05, 0.1) is 0 Å². The third-order valence-electron chi connectivity index (χ3n) is 3.58. The summed E-state index contributed by atoms with van der Waals surface area (Å²) in [5.41, 5.74) is 2.13. The number of nitrogens with zero attached hydrogens (tertiary/aromatic N) is 1. The van der Waals surface area contributed by atoms with Gasteiger partial charge in [0.1, 0.15) is 16.1 Å². The van der Waals surface area contributed by atoms with Gasteiger partial charge in [-0.05, 0) is 32.6 Å². The molecule has 0 fully saturated rings. The van der Waals surface area contributed by atoms with Crippen molar-refractivity contribution in [1.82, 2.24) is 9.97 Å². The van der Waals surface area contributed by atoms with Gasteiger partial charge in [-0.25, -0.2) is 4.98 Å². The molecule has 2 rings (SSSR count). The number of hydrogen-bond donors (Lipinski definition) is 1. The Hall–Kier alpha value is -0.740. The first kappa shape index (κ1) is 11.7. The molecule has 1 unspecified atom stereocenters. The van der Waals surface area contributed by atoms with Crippen LogP contribution < -0.4 is 0 Å². The summed E-state index contributed by atoms with van der Waals surface area (Å²) in [5.74, 6) is 0.864. The second-order valence-corrected chi connectivity index (χ2v) is 4.88. The molecule has 0 radical (unpaired) electrons. The highest BCUT2D eigenvalue weighted by Gasteiger charge is 2.28. The Morgan fingerprint density at radius 2 is 2.25 bits per heavy atom. The summed E-state index contributed by atoms with van der Waals surface area (Å²) in [6.45, 7) is 4.14. The van der Waals surface area contributed by atoms with E-state index in [9.17, 15) is 0 Å². The van der Waals surface area contributed by atoms with Gasteiger partial charge in [0, 0.05) is 18.4 Å². The summed E-state index contributed by atoms with van der Waals surface area (Å²) < 4.78 is 6.30. The molecule has 0 aromatic carbocycles. The lowest BCUT2D eigenvalue weighted by molar-refractivity contribution is -0.00923. The Morgan fingerprint density at radius 1 is 1.50 bits per heavy atom. The standard InChI is InChI=1S/C12H18N2OS/c1-4-12(2,15-3)11-13-9-7-5-6-8(9)10(16)14-11/h4-7H2,1-3H3,(H,13,14,16). The van der Waals surface area contributed by atoms with E-state index in [0.29, 0.717) is 0 Å². The Bertz CT molecular complexity index is 449. The van der Waals surface area contributed by atoms with E-state index in [4.69, 9.17) is 17.0 Å². The largest absolute Gasteiger partial charge is 0.371 e. The SMILES string of the molecule is CCC(C)(OC)c1nc(=S)c2c([nH]1)CCC2. The summed E-state index contributed by atoms with van der Waals surface area (Å²) in [5, 5.41) is 0. The zero-order chi connectivity index (χ0) is 11.8. The molecule has 1 aromatic rings. The lowest BCUT2D eigenvalue weighted by atomic mass is 10.0. The number of H-pyrrole nitrogens is 1. The van der Waals surface area contributed by atoms with E-state index in [1.165, 1.54) is 17.7 Å². The maximum Gasteiger partial charge on any atom is 0.140 e. The van der Waals surface area contributed by atoms with Crippen LogP contribution in [0, 0.1) is 4.64 Å². The van der Waals surface area contributed by atoms with Gasteiger partial charge >= 0.3 is 0 Å². The lowest BCUT2D eigenvalue weighted by Crippen LogP contribution is -2.27. The van der Waals surface area contributed by atoms with Crippen LogP contribution in [0.25, 0.3) is 0 Å². The normalized spacial score (nSPS) is 18.2. The van der Waals surface area contributed by atoms with Gasteiger partial charge in [-0.15, -0.1) is 0 Å². The number of hydrogen-bond acceptors (Lipinski definition) is 3. The highest BCUT2D eigenvalue weighted by molar-refractivity contribution is 7.71. The molecule has 1 aliphatic rings. The minimum atomic E-state index is -0.356. The van der Waals surface area contributed by atoms with Crippen LogP contribution in [0.1, 0.15) is 43.8 Å². The van der Waals surface area contributed by atoms with Gasteiger partial charge in [0.2, 0.25) is 0 Å². The van der Waals surface area contributed by atoms with Gasteiger partial charge in [0.25, 0.3) is 0 Å². The van der Waals surface area contributed by atoms with E-state index in [-0.39, 0.29) is 5.60 Å². The van der Waals surface area contributed by atoms with Crippen molar-refractivity contribution in [3.05, 3.63) is 21.7 Å². The fourth-order valence-corrected chi connectivity index (χ4v) is 2.43. The van der Waals surface area contributed by atoms with Gasteiger partial charge in [-0.3, -0.25) is 0 Å². The van der Waals surface area contributed by atoms with Gasteiger partial charge in [-0.1, -0.05) is 19.1 Å². The molecule has 3 nitrogen and oxygen atoms in total. The van der Waals surface area contributed by atoms with E-state index < -0.39 is 0 Å². The number of aromatic nitrogens is 2. The minimum Gasteiger partial charge on any atom is -0.371 e. The number of methoxy groups -OCH3 is 1. The molecule has 88 valence electrons. The number of nitrogens with one attached hydrogen (secondary N) is 1. The number of rotatable bonds is 3. The highest BCUT2D eigenvalue weighted by Crippen LogP contribution is 2.28.